The monoisotopic (exact) mass is 358 g/mol. The van der Waals surface area contributed by atoms with E-state index in [4.69, 9.17) is 16.3 Å². The Labute approximate surface area is 151 Å². The van der Waals surface area contributed by atoms with Gasteiger partial charge in [-0.2, -0.15) is 0 Å². The number of ether oxygens (including phenoxy) is 1. The minimum atomic E-state index is -0.475. The lowest BCUT2D eigenvalue weighted by Gasteiger charge is -2.29. The molecule has 25 heavy (non-hydrogen) atoms. The van der Waals surface area contributed by atoms with Gasteiger partial charge in [0.2, 0.25) is 5.88 Å². The summed E-state index contributed by atoms with van der Waals surface area (Å²) in [6.07, 6.45) is 6.42. The molecule has 1 fully saturated rings. The molecule has 1 saturated heterocycles. The number of esters is 1. The predicted molar refractivity (Wildman–Crippen MR) is 97.3 cm³/mol. The van der Waals surface area contributed by atoms with E-state index in [-0.39, 0.29) is 5.56 Å². The van der Waals surface area contributed by atoms with E-state index in [2.05, 4.69) is 0 Å². The first-order valence-electron chi connectivity index (χ1n) is 8.25. The molecule has 130 valence electrons. The molecule has 0 atom stereocenters. The maximum absolute atomic E-state index is 12.5. The van der Waals surface area contributed by atoms with Crippen molar-refractivity contribution in [3.8, 4) is 0 Å². The molecule has 0 bridgehead atoms. The van der Waals surface area contributed by atoms with E-state index < -0.39 is 5.97 Å². The zero-order valence-corrected chi connectivity index (χ0v) is 14.5. The van der Waals surface area contributed by atoms with Crippen LogP contribution in [-0.2, 0) is 4.74 Å². The average Bonchev–Trinajstić information content (AvgIpc) is 2.64. The van der Waals surface area contributed by atoms with Crippen molar-refractivity contribution in [2.24, 2.45) is 0 Å². The third-order valence-electron chi connectivity index (χ3n) is 4.05. The smallest absolute Gasteiger partial charge is 0.344 e. The van der Waals surface area contributed by atoms with E-state index >= 15 is 0 Å². The van der Waals surface area contributed by atoms with Crippen molar-refractivity contribution in [3.63, 3.8) is 0 Å². The largest absolute Gasteiger partial charge is 0.404 e. The summed E-state index contributed by atoms with van der Waals surface area (Å²) in [4.78, 5) is 26.4. The maximum Gasteiger partial charge on any atom is 0.344 e. The number of benzene rings is 1. The number of pyridine rings is 1. The molecule has 0 amide bonds. The molecule has 2 aromatic rings. The Kier molecular flexibility index (Phi) is 5.56. The third kappa shape index (κ3) is 4.51. The van der Waals surface area contributed by atoms with Crippen molar-refractivity contribution in [1.29, 1.82) is 0 Å². The normalized spacial score (nSPS) is 15.1. The van der Waals surface area contributed by atoms with E-state index in [1.807, 2.05) is 4.90 Å². The number of piperidine rings is 1. The van der Waals surface area contributed by atoms with Gasteiger partial charge in [0, 0.05) is 30.4 Å². The number of carbonyl (C=O) groups excluding carboxylic acids is 1. The second kappa shape index (κ2) is 8.03. The highest BCUT2D eigenvalue weighted by Crippen LogP contribution is 2.18. The number of rotatable bonds is 4. The molecule has 1 aliphatic heterocycles. The zero-order chi connectivity index (χ0) is 17.6. The van der Waals surface area contributed by atoms with E-state index in [9.17, 15) is 9.59 Å². The SMILES string of the molecule is O=C(OC(=Cn1ccccc1=O)N1CCCCC1)c1ccc(Cl)cc1. The number of likely N-dealkylation sites (tertiary alicyclic amines) is 1. The quantitative estimate of drug-likeness (QED) is 0.619. The Morgan fingerprint density at radius 2 is 1.76 bits per heavy atom. The van der Waals surface area contributed by atoms with Crippen LogP contribution in [0.25, 0.3) is 6.20 Å². The number of nitrogens with zero attached hydrogens (tertiary/aromatic N) is 2. The molecule has 5 nitrogen and oxygen atoms in total. The van der Waals surface area contributed by atoms with Crippen LogP contribution >= 0.6 is 11.6 Å². The third-order valence-corrected chi connectivity index (χ3v) is 4.30. The molecule has 3 rings (SSSR count). The fourth-order valence-electron chi connectivity index (χ4n) is 2.69. The fraction of sp³-hybridized carbons (Fsp3) is 0.263. The predicted octanol–water partition coefficient (Wildman–Crippen LogP) is 3.60. The molecule has 0 radical (unpaired) electrons. The van der Waals surface area contributed by atoms with Gasteiger partial charge in [-0.3, -0.25) is 9.36 Å². The molecular weight excluding hydrogens is 340 g/mol. The summed E-state index contributed by atoms with van der Waals surface area (Å²) in [5, 5.41) is 0.555. The molecule has 0 saturated carbocycles. The van der Waals surface area contributed by atoms with Gasteiger partial charge in [-0.25, -0.2) is 4.79 Å². The van der Waals surface area contributed by atoms with Crippen molar-refractivity contribution in [1.82, 2.24) is 9.47 Å². The first kappa shape index (κ1) is 17.3. The lowest BCUT2D eigenvalue weighted by molar-refractivity contribution is 0.0482. The summed E-state index contributed by atoms with van der Waals surface area (Å²) in [6, 6.07) is 11.4. The molecule has 2 heterocycles. The lowest BCUT2D eigenvalue weighted by atomic mass is 10.1. The van der Waals surface area contributed by atoms with Gasteiger partial charge in [0.05, 0.1) is 11.8 Å². The van der Waals surface area contributed by atoms with Crippen molar-refractivity contribution >= 4 is 23.8 Å². The van der Waals surface area contributed by atoms with Crippen LogP contribution in [0.3, 0.4) is 0 Å². The van der Waals surface area contributed by atoms with Crippen LogP contribution in [-0.4, -0.2) is 28.5 Å². The Morgan fingerprint density at radius 3 is 2.44 bits per heavy atom. The van der Waals surface area contributed by atoms with Crippen LogP contribution in [0, 0.1) is 0 Å². The molecule has 0 aliphatic carbocycles. The summed E-state index contributed by atoms with van der Waals surface area (Å²) in [7, 11) is 0. The highest BCUT2D eigenvalue weighted by atomic mass is 35.5. The second-order valence-electron chi connectivity index (χ2n) is 5.86. The molecule has 6 heteroatoms. The van der Waals surface area contributed by atoms with Crippen molar-refractivity contribution < 1.29 is 9.53 Å². The minimum Gasteiger partial charge on any atom is -0.404 e. The lowest BCUT2D eigenvalue weighted by Crippen LogP contribution is -2.32. The van der Waals surface area contributed by atoms with Gasteiger partial charge in [0.25, 0.3) is 5.56 Å². The standard InChI is InChI=1S/C19H19ClN2O3/c20-16-9-7-15(8-10-16)19(24)25-18(21-11-3-1-4-12-21)14-22-13-5-2-6-17(22)23/h2,5-10,13-14H,1,3-4,11-12H2. The van der Waals surface area contributed by atoms with Gasteiger partial charge in [0.1, 0.15) is 0 Å². The number of hydrogen-bond donors (Lipinski definition) is 0. The number of hydrogen-bond acceptors (Lipinski definition) is 4. The van der Waals surface area contributed by atoms with Crippen LogP contribution in [0.4, 0.5) is 0 Å². The molecule has 0 unspecified atom stereocenters. The Balaban J connectivity index is 1.88. The van der Waals surface area contributed by atoms with Crippen molar-refractivity contribution in [2.75, 3.05) is 13.1 Å². The van der Waals surface area contributed by atoms with Crippen LogP contribution in [0.2, 0.25) is 5.02 Å². The van der Waals surface area contributed by atoms with Crippen LogP contribution in [0.15, 0.2) is 59.3 Å². The average molecular weight is 359 g/mol. The molecule has 1 aromatic heterocycles. The van der Waals surface area contributed by atoms with Crippen LogP contribution in [0.1, 0.15) is 29.6 Å². The van der Waals surface area contributed by atoms with Crippen LogP contribution in [0.5, 0.6) is 0 Å². The summed E-state index contributed by atoms with van der Waals surface area (Å²) < 4.78 is 7.04. The maximum atomic E-state index is 12.5. The number of carbonyl (C=O) groups is 1. The zero-order valence-electron chi connectivity index (χ0n) is 13.7. The van der Waals surface area contributed by atoms with Gasteiger partial charge in [-0.1, -0.05) is 17.7 Å². The molecule has 1 aromatic carbocycles. The number of aromatic nitrogens is 1. The van der Waals surface area contributed by atoms with E-state index in [0.717, 1.165) is 32.4 Å². The molecule has 0 N–H and O–H groups in total. The van der Waals surface area contributed by atoms with Crippen LogP contribution < -0.4 is 5.56 Å². The topological polar surface area (TPSA) is 51.5 Å². The highest BCUT2D eigenvalue weighted by Gasteiger charge is 2.19. The van der Waals surface area contributed by atoms with E-state index in [1.165, 1.54) is 10.6 Å². The minimum absolute atomic E-state index is 0.181. The van der Waals surface area contributed by atoms with Gasteiger partial charge in [0.15, 0.2) is 0 Å². The van der Waals surface area contributed by atoms with Gasteiger partial charge in [-0.05, 0) is 49.6 Å². The van der Waals surface area contributed by atoms with Gasteiger partial charge >= 0.3 is 5.97 Å². The molecule has 1 aliphatic rings. The van der Waals surface area contributed by atoms with Gasteiger partial charge < -0.3 is 9.64 Å². The summed E-state index contributed by atoms with van der Waals surface area (Å²) in [5.41, 5.74) is 0.229. The first-order chi connectivity index (χ1) is 12.1. The van der Waals surface area contributed by atoms with Crippen molar-refractivity contribution in [2.45, 2.75) is 19.3 Å². The fourth-order valence-corrected chi connectivity index (χ4v) is 2.82. The first-order valence-corrected chi connectivity index (χ1v) is 8.63. The Bertz CT molecular complexity index is 821. The summed E-state index contributed by atoms with van der Waals surface area (Å²) in [6.45, 7) is 1.59. The van der Waals surface area contributed by atoms with Gasteiger partial charge in [-0.15, -0.1) is 0 Å². The Hall–Kier alpha value is -2.53. The summed E-state index contributed by atoms with van der Waals surface area (Å²) in [5.74, 6) is -0.0922. The molecule has 0 spiro atoms. The van der Waals surface area contributed by atoms with E-state index in [0.29, 0.717) is 16.5 Å². The summed E-state index contributed by atoms with van der Waals surface area (Å²) >= 11 is 5.86. The Morgan fingerprint density at radius 1 is 1.04 bits per heavy atom. The second-order valence-corrected chi connectivity index (χ2v) is 6.29. The van der Waals surface area contributed by atoms with E-state index in [1.54, 1.807) is 48.8 Å². The highest BCUT2D eigenvalue weighted by molar-refractivity contribution is 6.30. The molecular formula is C19H19ClN2O3. The van der Waals surface area contributed by atoms with Crippen molar-refractivity contribution in [3.05, 3.63) is 75.5 Å². The number of halogens is 1.